The topological polar surface area (TPSA) is 66.8 Å². The number of carbonyl (C=O) groups is 2. The van der Waals surface area contributed by atoms with Crippen LogP contribution in [0.15, 0.2) is 24.3 Å². The quantitative estimate of drug-likeness (QED) is 0.908. The molecule has 22 heavy (non-hydrogen) atoms. The van der Waals surface area contributed by atoms with Crippen molar-refractivity contribution in [2.24, 2.45) is 0 Å². The third-order valence-corrected chi connectivity index (χ3v) is 4.31. The smallest absolute Gasteiger partial charge is 0.329 e. The van der Waals surface area contributed by atoms with Crippen molar-refractivity contribution in [1.82, 2.24) is 4.90 Å². The lowest BCUT2D eigenvalue weighted by molar-refractivity contribution is -0.156. The van der Waals surface area contributed by atoms with E-state index in [0.29, 0.717) is 31.1 Å². The first kappa shape index (κ1) is 16.3. The Hall–Kier alpha value is -2.04. The molecule has 5 nitrogen and oxygen atoms in total. The number of likely N-dealkylation sites (tertiary alicyclic amines) is 1. The molecule has 1 aromatic carbocycles. The lowest BCUT2D eigenvalue weighted by atomic mass is 9.99. The Morgan fingerprint density at radius 1 is 1.32 bits per heavy atom. The SMILES string of the molecule is CC(C)c1ccc(OCC(=O)N2CCCC2(C)C(=O)O)cc1. The van der Waals surface area contributed by atoms with E-state index in [2.05, 4.69) is 13.8 Å². The molecule has 0 bridgehead atoms. The molecule has 1 heterocycles. The summed E-state index contributed by atoms with van der Waals surface area (Å²) in [6.45, 7) is 6.15. The van der Waals surface area contributed by atoms with Gasteiger partial charge in [0, 0.05) is 6.54 Å². The molecular weight excluding hydrogens is 282 g/mol. The summed E-state index contributed by atoms with van der Waals surface area (Å²) in [5.41, 5.74) is 0.0961. The highest BCUT2D eigenvalue weighted by Gasteiger charge is 2.45. The van der Waals surface area contributed by atoms with Crippen LogP contribution in [-0.4, -0.2) is 40.6 Å². The molecular formula is C17H23NO4. The molecule has 0 aromatic heterocycles. The monoisotopic (exact) mass is 305 g/mol. The van der Waals surface area contributed by atoms with Gasteiger partial charge >= 0.3 is 5.97 Å². The lowest BCUT2D eigenvalue weighted by Crippen LogP contribution is -2.52. The summed E-state index contributed by atoms with van der Waals surface area (Å²) in [5.74, 6) is -0.180. The average Bonchev–Trinajstić information content (AvgIpc) is 2.88. The highest BCUT2D eigenvalue weighted by Crippen LogP contribution is 2.29. The van der Waals surface area contributed by atoms with Crippen LogP contribution in [0.5, 0.6) is 5.75 Å². The predicted octanol–water partition coefficient (Wildman–Crippen LogP) is 2.65. The molecule has 0 spiro atoms. The van der Waals surface area contributed by atoms with Gasteiger partial charge in [-0.15, -0.1) is 0 Å². The highest BCUT2D eigenvalue weighted by atomic mass is 16.5. The molecule has 0 saturated carbocycles. The zero-order chi connectivity index (χ0) is 16.3. The number of rotatable bonds is 5. The van der Waals surface area contributed by atoms with Crippen LogP contribution in [0.25, 0.3) is 0 Å². The molecule has 0 aliphatic carbocycles. The van der Waals surface area contributed by atoms with Gasteiger partial charge in [-0.25, -0.2) is 4.79 Å². The van der Waals surface area contributed by atoms with E-state index >= 15 is 0 Å². The maximum absolute atomic E-state index is 12.3. The van der Waals surface area contributed by atoms with Gasteiger partial charge in [0.1, 0.15) is 11.3 Å². The Balaban J connectivity index is 1.96. The first-order valence-corrected chi connectivity index (χ1v) is 7.61. The van der Waals surface area contributed by atoms with E-state index in [1.54, 1.807) is 6.92 Å². The van der Waals surface area contributed by atoms with Gasteiger partial charge in [0.15, 0.2) is 6.61 Å². The van der Waals surface area contributed by atoms with Crippen molar-refractivity contribution >= 4 is 11.9 Å². The fraction of sp³-hybridized carbons (Fsp3) is 0.529. The van der Waals surface area contributed by atoms with Gasteiger partial charge in [-0.1, -0.05) is 26.0 Å². The number of carboxylic acids is 1. The fourth-order valence-electron chi connectivity index (χ4n) is 2.76. The molecule has 1 saturated heterocycles. The van der Waals surface area contributed by atoms with E-state index in [0.717, 1.165) is 0 Å². The normalized spacial score (nSPS) is 21.2. The van der Waals surface area contributed by atoms with E-state index in [1.165, 1.54) is 10.5 Å². The van der Waals surface area contributed by atoms with E-state index in [-0.39, 0.29) is 12.5 Å². The predicted molar refractivity (Wildman–Crippen MR) is 83.0 cm³/mol. The van der Waals surface area contributed by atoms with Crippen LogP contribution in [0.2, 0.25) is 0 Å². The number of ether oxygens (including phenoxy) is 1. The Labute approximate surface area is 130 Å². The van der Waals surface area contributed by atoms with E-state index in [9.17, 15) is 14.7 Å². The zero-order valence-electron chi connectivity index (χ0n) is 13.3. The van der Waals surface area contributed by atoms with Crippen molar-refractivity contribution in [3.8, 4) is 5.75 Å². The molecule has 1 aliphatic rings. The molecule has 1 atom stereocenters. The van der Waals surface area contributed by atoms with Crippen LogP contribution in [0.1, 0.15) is 45.1 Å². The standard InChI is InChI=1S/C17H23NO4/c1-12(2)13-5-7-14(8-6-13)22-11-15(19)18-10-4-9-17(18,3)16(20)21/h5-8,12H,4,9-11H2,1-3H3,(H,20,21). The molecule has 1 aromatic rings. The minimum atomic E-state index is -1.11. The summed E-state index contributed by atoms with van der Waals surface area (Å²) in [7, 11) is 0. The van der Waals surface area contributed by atoms with Gasteiger partial charge in [0.05, 0.1) is 0 Å². The van der Waals surface area contributed by atoms with Crippen LogP contribution in [-0.2, 0) is 9.59 Å². The van der Waals surface area contributed by atoms with Crippen LogP contribution in [0.4, 0.5) is 0 Å². The molecule has 1 fully saturated rings. The van der Waals surface area contributed by atoms with Crippen molar-refractivity contribution in [2.45, 2.75) is 45.1 Å². The van der Waals surface area contributed by atoms with Crippen LogP contribution in [0.3, 0.4) is 0 Å². The summed E-state index contributed by atoms with van der Waals surface area (Å²) in [5, 5.41) is 9.32. The van der Waals surface area contributed by atoms with Crippen molar-refractivity contribution < 1.29 is 19.4 Å². The van der Waals surface area contributed by atoms with Crippen molar-refractivity contribution in [3.63, 3.8) is 0 Å². The molecule has 1 unspecified atom stereocenters. The van der Waals surface area contributed by atoms with Crippen LogP contribution >= 0.6 is 0 Å². The van der Waals surface area contributed by atoms with Crippen LogP contribution in [0, 0.1) is 0 Å². The number of carboxylic acid groups (broad SMARTS) is 1. The molecule has 120 valence electrons. The van der Waals surface area contributed by atoms with Gasteiger partial charge in [0.2, 0.25) is 0 Å². The maximum atomic E-state index is 12.3. The van der Waals surface area contributed by atoms with Crippen molar-refractivity contribution in [3.05, 3.63) is 29.8 Å². The largest absolute Gasteiger partial charge is 0.484 e. The minimum Gasteiger partial charge on any atom is -0.484 e. The first-order chi connectivity index (χ1) is 10.3. The molecule has 1 amide bonds. The number of amides is 1. The number of hydrogen-bond donors (Lipinski definition) is 1. The summed E-state index contributed by atoms with van der Waals surface area (Å²) < 4.78 is 5.50. The van der Waals surface area contributed by atoms with Gasteiger partial charge in [-0.2, -0.15) is 0 Å². The number of nitrogens with zero attached hydrogens (tertiary/aromatic N) is 1. The van der Waals surface area contributed by atoms with Gasteiger partial charge in [-0.05, 0) is 43.4 Å². The second-order valence-corrected chi connectivity index (χ2v) is 6.24. The summed E-state index contributed by atoms with van der Waals surface area (Å²) in [6.07, 6.45) is 1.19. The van der Waals surface area contributed by atoms with Crippen LogP contribution < -0.4 is 4.74 Å². The number of carbonyl (C=O) groups excluding carboxylic acids is 1. The fourth-order valence-corrected chi connectivity index (χ4v) is 2.76. The number of aliphatic carboxylic acids is 1. The third kappa shape index (κ3) is 3.24. The summed E-state index contributed by atoms with van der Waals surface area (Å²) in [6, 6.07) is 7.62. The lowest BCUT2D eigenvalue weighted by Gasteiger charge is -2.31. The number of hydrogen-bond acceptors (Lipinski definition) is 3. The Kier molecular flexibility index (Phi) is 4.74. The van der Waals surface area contributed by atoms with Crippen molar-refractivity contribution in [2.75, 3.05) is 13.2 Å². The Morgan fingerprint density at radius 3 is 2.50 bits per heavy atom. The van der Waals surface area contributed by atoms with Gasteiger partial charge in [-0.3, -0.25) is 4.79 Å². The zero-order valence-corrected chi connectivity index (χ0v) is 13.3. The van der Waals surface area contributed by atoms with Gasteiger partial charge < -0.3 is 14.7 Å². The van der Waals surface area contributed by atoms with E-state index in [4.69, 9.17) is 4.74 Å². The second kappa shape index (κ2) is 6.38. The summed E-state index contributed by atoms with van der Waals surface area (Å²) >= 11 is 0. The minimum absolute atomic E-state index is 0.135. The molecule has 1 aliphatic heterocycles. The van der Waals surface area contributed by atoms with E-state index < -0.39 is 11.5 Å². The molecule has 0 radical (unpaired) electrons. The molecule has 1 N–H and O–H groups in total. The highest BCUT2D eigenvalue weighted by molar-refractivity contribution is 5.88. The third-order valence-electron chi connectivity index (χ3n) is 4.31. The van der Waals surface area contributed by atoms with Gasteiger partial charge in [0.25, 0.3) is 5.91 Å². The molecule has 2 rings (SSSR count). The molecule has 5 heteroatoms. The number of benzene rings is 1. The maximum Gasteiger partial charge on any atom is 0.329 e. The Bertz CT molecular complexity index is 552. The first-order valence-electron chi connectivity index (χ1n) is 7.61. The Morgan fingerprint density at radius 2 is 1.95 bits per heavy atom. The second-order valence-electron chi connectivity index (χ2n) is 6.24. The average molecular weight is 305 g/mol. The van der Waals surface area contributed by atoms with E-state index in [1.807, 2.05) is 24.3 Å². The summed E-state index contributed by atoms with van der Waals surface area (Å²) in [4.78, 5) is 25.0. The van der Waals surface area contributed by atoms with Crippen molar-refractivity contribution in [1.29, 1.82) is 0 Å².